The van der Waals surface area contributed by atoms with E-state index in [9.17, 15) is 14.4 Å². The smallest absolute Gasteiger partial charge is 0.251 e. The number of nitrogens with one attached hydrogen (secondary N) is 3. The van der Waals surface area contributed by atoms with Crippen molar-refractivity contribution in [1.29, 1.82) is 0 Å². The van der Waals surface area contributed by atoms with Gasteiger partial charge in [0.25, 0.3) is 5.91 Å². The molecule has 7 nitrogen and oxygen atoms in total. The molecule has 27 heavy (non-hydrogen) atoms. The molecule has 142 valence electrons. The van der Waals surface area contributed by atoms with Gasteiger partial charge in [-0.1, -0.05) is 12.1 Å². The van der Waals surface area contributed by atoms with Crippen molar-refractivity contribution in [2.24, 2.45) is 0 Å². The molecule has 0 saturated carbocycles. The Morgan fingerprint density at radius 2 is 1.56 bits per heavy atom. The number of carbonyl (C=O) groups excluding carboxylic acids is 3. The monoisotopic (exact) mass is 369 g/mol. The van der Waals surface area contributed by atoms with Crippen LogP contribution >= 0.6 is 0 Å². The lowest BCUT2D eigenvalue weighted by Gasteiger charge is -2.10. The predicted molar refractivity (Wildman–Crippen MR) is 104 cm³/mol. The number of carbonyl (C=O) groups is 3. The SMILES string of the molecule is COCC(=O)Nc1cccc(NC(=O)CNC(=O)c2ccc(C)c(C)c2)c1. The van der Waals surface area contributed by atoms with Crippen molar-refractivity contribution in [2.75, 3.05) is 30.9 Å². The lowest BCUT2D eigenvalue weighted by Crippen LogP contribution is -2.32. The average Bonchev–Trinajstić information content (AvgIpc) is 2.62. The van der Waals surface area contributed by atoms with E-state index in [0.717, 1.165) is 11.1 Å². The van der Waals surface area contributed by atoms with Crippen molar-refractivity contribution < 1.29 is 19.1 Å². The normalized spacial score (nSPS) is 10.2. The highest BCUT2D eigenvalue weighted by atomic mass is 16.5. The fourth-order valence-corrected chi connectivity index (χ4v) is 2.35. The van der Waals surface area contributed by atoms with E-state index in [1.807, 2.05) is 19.9 Å². The Bertz CT molecular complexity index is 849. The fourth-order valence-electron chi connectivity index (χ4n) is 2.35. The van der Waals surface area contributed by atoms with Gasteiger partial charge in [0.05, 0.1) is 6.54 Å². The zero-order chi connectivity index (χ0) is 19.8. The summed E-state index contributed by atoms with van der Waals surface area (Å²) in [6.07, 6.45) is 0. The molecule has 0 unspecified atom stereocenters. The van der Waals surface area contributed by atoms with Gasteiger partial charge in [-0.25, -0.2) is 0 Å². The van der Waals surface area contributed by atoms with Gasteiger partial charge >= 0.3 is 0 Å². The Kier molecular flexibility index (Phi) is 7.08. The van der Waals surface area contributed by atoms with E-state index >= 15 is 0 Å². The van der Waals surface area contributed by atoms with Gasteiger partial charge in [0.15, 0.2) is 0 Å². The summed E-state index contributed by atoms with van der Waals surface area (Å²) in [5, 5.41) is 7.92. The third-order valence-electron chi connectivity index (χ3n) is 3.88. The first-order valence-corrected chi connectivity index (χ1v) is 8.43. The summed E-state index contributed by atoms with van der Waals surface area (Å²) in [5.41, 5.74) is 3.67. The summed E-state index contributed by atoms with van der Waals surface area (Å²) in [6, 6.07) is 12.1. The van der Waals surface area contributed by atoms with Gasteiger partial charge in [-0.3, -0.25) is 14.4 Å². The Labute approximate surface area is 158 Å². The summed E-state index contributed by atoms with van der Waals surface area (Å²) in [6.45, 7) is 3.68. The molecule has 0 aliphatic heterocycles. The van der Waals surface area contributed by atoms with E-state index in [-0.39, 0.29) is 30.9 Å². The van der Waals surface area contributed by atoms with E-state index in [1.165, 1.54) is 7.11 Å². The summed E-state index contributed by atoms with van der Waals surface area (Å²) < 4.78 is 4.75. The minimum Gasteiger partial charge on any atom is -0.375 e. The van der Waals surface area contributed by atoms with Crippen LogP contribution in [0.1, 0.15) is 21.5 Å². The second-order valence-electron chi connectivity index (χ2n) is 6.09. The molecule has 2 rings (SSSR count). The molecule has 0 aromatic heterocycles. The van der Waals surface area contributed by atoms with Crippen molar-refractivity contribution in [3.63, 3.8) is 0 Å². The van der Waals surface area contributed by atoms with Crippen LogP contribution in [0.3, 0.4) is 0 Å². The van der Waals surface area contributed by atoms with Crippen LogP contribution in [0.4, 0.5) is 11.4 Å². The number of hydrogen-bond acceptors (Lipinski definition) is 4. The number of ether oxygens (including phenoxy) is 1. The predicted octanol–water partition coefficient (Wildman–Crippen LogP) is 2.26. The summed E-state index contributed by atoms with van der Waals surface area (Å²) in [4.78, 5) is 35.8. The van der Waals surface area contributed by atoms with Crippen molar-refractivity contribution in [3.8, 4) is 0 Å². The van der Waals surface area contributed by atoms with Gasteiger partial charge in [0, 0.05) is 24.0 Å². The maximum absolute atomic E-state index is 12.2. The van der Waals surface area contributed by atoms with Crippen molar-refractivity contribution >= 4 is 29.1 Å². The zero-order valence-corrected chi connectivity index (χ0v) is 15.6. The van der Waals surface area contributed by atoms with Gasteiger partial charge in [0.2, 0.25) is 11.8 Å². The van der Waals surface area contributed by atoms with Crippen molar-refractivity contribution in [3.05, 3.63) is 59.2 Å². The highest BCUT2D eigenvalue weighted by Gasteiger charge is 2.10. The number of amides is 3. The fraction of sp³-hybridized carbons (Fsp3) is 0.250. The van der Waals surface area contributed by atoms with Gasteiger partial charge in [0.1, 0.15) is 6.61 Å². The first-order chi connectivity index (χ1) is 12.9. The van der Waals surface area contributed by atoms with E-state index in [2.05, 4.69) is 16.0 Å². The third-order valence-corrected chi connectivity index (χ3v) is 3.88. The van der Waals surface area contributed by atoms with Gasteiger partial charge in [-0.15, -0.1) is 0 Å². The molecular weight excluding hydrogens is 346 g/mol. The summed E-state index contributed by atoms with van der Waals surface area (Å²) >= 11 is 0. The molecule has 0 spiro atoms. The van der Waals surface area contributed by atoms with Crippen molar-refractivity contribution in [2.45, 2.75) is 13.8 Å². The molecule has 2 aromatic rings. The molecule has 0 radical (unpaired) electrons. The van der Waals surface area contributed by atoms with E-state index in [1.54, 1.807) is 36.4 Å². The molecule has 0 heterocycles. The van der Waals surface area contributed by atoms with Crippen LogP contribution in [0, 0.1) is 13.8 Å². The van der Waals surface area contributed by atoms with Crippen LogP contribution in [0.15, 0.2) is 42.5 Å². The maximum atomic E-state index is 12.2. The third kappa shape index (κ3) is 6.23. The zero-order valence-electron chi connectivity index (χ0n) is 15.6. The topological polar surface area (TPSA) is 96.5 Å². The largest absolute Gasteiger partial charge is 0.375 e. The molecule has 0 bridgehead atoms. The van der Waals surface area contributed by atoms with Crippen LogP contribution in [-0.4, -0.2) is 38.0 Å². The second kappa shape index (κ2) is 9.49. The molecule has 0 atom stereocenters. The van der Waals surface area contributed by atoms with Crippen LogP contribution < -0.4 is 16.0 Å². The lowest BCUT2D eigenvalue weighted by atomic mass is 10.1. The quantitative estimate of drug-likeness (QED) is 0.697. The molecule has 0 aliphatic carbocycles. The number of methoxy groups -OCH3 is 1. The maximum Gasteiger partial charge on any atom is 0.251 e. The Morgan fingerprint density at radius 1 is 0.889 bits per heavy atom. The van der Waals surface area contributed by atoms with Crippen LogP contribution in [0.25, 0.3) is 0 Å². The Morgan fingerprint density at radius 3 is 2.19 bits per heavy atom. The first kappa shape index (κ1) is 20.1. The molecule has 2 aromatic carbocycles. The first-order valence-electron chi connectivity index (χ1n) is 8.43. The Balaban J connectivity index is 1.89. The summed E-state index contributed by atoms with van der Waals surface area (Å²) in [7, 11) is 1.43. The molecule has 3 amide bonds. The number of rotatable bonds is 7. The van der Waals surface area contributed by atoms with Crippen LogP contribution in [-0.2, 0) is 14.3 Å². The number of anilines is 2. The molecule has 0 aliphatic rings. The second-order valence-corrected chi connectivity index (χ2v) is 6.09. The molecular formula is C20H23N3O4. The number of benzene rings is 2. The van der Waals surface area contributed by atoms with Crippen molar-refractivity contribution in [1.82, 2.24) is 5.32 Å². The number of aryl methyl sites for hydroxylation is 2. The van der Waals surface area contributed by atoms with E-state index in [4.69, 9.17) is 4.74 Å². The molecule has 0 saturated heterocycles. The van der Waals surface area contributed by atoms with Gasteiger partial charge in [-0.05, 0) is 55.3 Å². The molecule has 7 heteroatoms. The van der Waals surface area contributed by atoms with Gasteiger partial charge < -0.3 is 20.7 Å². The minimum atomic E-state index is -0.368. The highest BCUT2D eigenvalue weighted by molar-refractivity contribution is 6.00. The number of hydrogen-bond donors (Lipinski definition) is 3. The van der Waals surface area contributed by atoms with Crippen LogP contribution in [0.2, 0.25) is 0 Å². The molecule has 0 fully saturated rings. The minimum absolute atomic E-state index is 0.0545. The molecule has 3 N–H and O–H groups in total. The average molecular weight is 369 g/mol. The Hall–Kier alpha value is -3.19. The standard InChI is InChI=1S/C20H23N3O4/c1-13-7-8-15(9-14(13)2)20(26)21-11-18(24)22-16-5-4-6-17(10-16)23-19(25)12-27-3/h4-10H,11-12H2,1-3H3,(H,21,26)(H,22,24)(H,23,25). The van der Waals surface area contributed by atoms with E-state index in [0.29, 0.717) is 16.9 Å². The van der Waals surface area contributed by atoms with E-state index < -0.39 is 0 Å². The van der Waals surface area contributed by atoms with Crippen LogP contribution in [0.5, 0.6) is 0 Å². The lowest BCUT2D eigenvalue weighted by molar-refractivity contribution is -0.119. The van der Waals surface area contributed by atoms with Gasteiger partial charge in [-0.2, -0.15) is 0 Å². The highest BCUT2D eigenvalue weighted by Crippen LogP contribution is 2.15. The summed E-state index contributed by atoms with van der Waals surface area (Å²) in [5.74, 6) is -0.969.